The molecule has 24 heavy (non-hydrogen) atoms. The summed E-state index contributed by atoms with van der Waals surface area (Å²) in [6.07, 6.45) is 0.136. The largest absolute Gasteiger partial charge is 0.419 e. The summed E-state index contributed by atoms with van der Waals surface area (Å²) in [5.74, 6) is -3.57. The van der Waals surface area contributed by atoms with Gasteiger partial charge in [0.15, 0.2) is 11.9 Å². The standard InChI is InChI=1S/C16H18FNO6/c1-16(2)23-13(19)9(14(20)24-16)8-18-11-7-5-6-10(17)12(11)15(21-3)22-4/h5-8,15,18H,1-4H3. The predicted molar refractivity (Wildman–Crippen MR) is 81.1 cm³/mol. The van der Waals surface area contributed by atoms with E-state index in [4.69, 9.17) is 18.9 Å². The van der Waals surface area contributed by atoms with Gasteiger partial charge in [0.2, 0.25) is 0 Å². The minimum Gasteiger partial charge on any atom is -0.419 e. The Morgan fingerprint density at radius 1 is 1.17 bits per heavy atom. The zero-order valence-electron chi connectivity index (χ0n) is 13.7. The SMILES string of the molecule is COC(OC)c1c(F)cccc1NC=C1C(=O)OC(C)(C)OC1=O. The third-order valence-electron chi connectivity index (χ3n) is 3.21. The minimum atomic E-state index is -1.33. The molecule has 1 aromatic carbocycles. The number of nitrogens with one attached hydrogen (secondary N) is 1. The molecule has 1 aliphatic rings. The summed E-state index contributed by atoms with van der Waals surface area (Å²) in [6.45, 7) is 2.89. The molecule has 0 spiro atoms. The Morgan fingerprint density at radius 2 is 1.75 bits per heavy atom. The smallest absolute Gasteiger partial charge is 0.350 e. The van der Waals surface area contributed by atoms with Crippen LogP contribution in [0.15, 0.2) is 30.0 Å². The summed E-state index contributed by atoms with van der Waals surface area (Å²) in [4.78, 5) is 23.8. The molecular formula is C16H18FNO6. The molecular weight excluding hydrogens is 321 g/mol. The maximum atomic E-state index is 14.1. The number of cyclic esters (lactones) is 2. The summed E-state index contributed by atoms with van der Waals surface area (Å²) in [7, 11) is 2.72. The number of methoxy groups -OCH3 is 2. The lowest BCUT2D eigenvalue weighted by molar-refractivity contribution is -0.222. The topological polar surface area (TPSA) is 83.1 Å². The van der Waals surface area contributed by atoms with Crippen LogP contribution in [-0.4, -0.2) is 31.9 Å². The molecule has 0 aliphatic carbocycles. The van der Waals surface area contributed by atoms with Crippen molar-refractivity contribution in [2.24, 2.45) is 0 Å². The summed E-state index contributed by atoms with van der Waals surface area (Å²) < 4.78 is 34.2. The van der Waals surface area contributed by atoms with Crippen LogP contribution in [0.25, 0.3) is 0 Å². The third kappa shape index (κ3) is 3.72. The van der Waals surface area contributed by atoms with Gasteiger partial charge in [-0.25, -0.2) is 14.0 Å². The number of benzene rings is 1. The van der Waals surface area contributed by atoms with Crippen molar-refractivity contribution < 1.29 is 32.9 Å². The number of esters is 2. The number of rotatable bonds is 5. The third-order valence-corrected chi connectivity index (χ3v) is 3.21. The molecule has 130 valence electrons. The van der Waals surface area contributed by atoms with Gasteiger partial charge in [-0.1, -0.05) is 6.07 Å². The van der Waals surface area contributed by atoms with Crippen molar-refractivity contribution in [3.05, 3.63) is 41.4 Å². The molecule has 2 rings (SSSR count). The molecule has 0 radical (unpaired) electrons. The van der Waals surface area contributed by atoms with Gasteiger partial charge in [-0.05, 0) is 12.1 Å². The van der Waals surface area contributed by atoms with Gasteiger partial charge < -0.3 is 24.3 Å². The van der Waals surface area contributed by atoms with Crippen LogP contribution in [-0.2, 0) is 28.5 Å². The average molecular weight is 339 g/mol. The molecule has 0 aromatic heterocycles. The van der Waals surface area contributed by atoms with Gasteiger partial charge in [0, 0.05) is 40.0 Å². The van der Waals surface area contributed by atoms with Gasteiger partial charge in [0.25, 0.3) is 5.79 Å². The van der Waals surface area contributed by atoms with Crippen molar-refractivity contribution in [3.8, 4) is 0 Å². The van der Waals surface area contributed by atoms with Gasteiger partial charge >= 0.3 is 11.9 Å². The summed E-state index contributed by atoms with van der Waals surface area (Å²) >= 11 is 0. The first-order valence-corrected chi connectivity index (χ1v) is 7.06. The molecule has 1 fully saturated rings. The number of hydrogen-bond donors (Lipinski definition) is 1. The highest BCUT2D eigenvalue weighted by Crippen LogP contribution is 2.29. The number of carbonyl (C=O) groups is 2. The Kier molecular flexibility index (Phi) is 5.20. The lowest BCUT2D eigenvalue weighted by Crippen LogP contribution is -2.42. The highest BCUT2D eigenvalue weighted by Gasteiger charge is 2.39. The first-order chi connectivity index (χ1) is 11.3. The van der Waals surface area contributed by atoms with E-state index in [1.807, 2.05) is 0 Å². The second-order valence-electron chi connectivity index (χ2n) is 5.39. The van der Waals surface area contributed by atoms with Crippen LogP contribution in [0, 0.1) is 5.82 Å². The fraction of sp³-hybridized carbons (Fsp3) is 0.375. The molecule has 0 amide bonds. The summed E-state index contributed by atoms with van der Waals surface area (Å²) in [5, 5.41) is 2.70. The predicted octanol–water partition coefficient (Wildman–Crippen LogP) is 2.25. The van der Waals surface area contributed by atoms with E-state index in [1.165, 1.54) is 40.2 Å². The fourth-order valence-electron chi connectivity index (χ4n) is 2.16. The molecule has 0 saturated carbocycles. The molecule has 1 aromatic rings. The Hall–Kier alpha value is -2.45. The van der Waals surface area contributed by atoms with Crippen LogP contribution in [0.2, 0.25) is 0 Å². The maximum absolute atomic E-state index is 14.1. The number of carbonyl (C=O) groups excluding carboxylic acids is 2. The van der Waals surface area contributed by atoms with E-state index in [-0.39, 0.29) is 16.8 Å². The monoisotopic (exact) mass is 339 g/mol. The Balaban J connectivity index is 2.31. The molecule has 0 bridgehead atoms. The van der Waals surface area contributed by atoms with Crippen molar-refractivity contribution in [3.63, 3.8) is 0 Å². The highest BCUT2D eigenvalue weighted by molar-refractivity contribution is 6.15. The first kappa shape index (κ1) is 17.9. The van der Waals surface area contributed by atoms with E-state index >= 15 is 0 Å². The van der Waals surface area contributed by atoms with E-state index in [0.717, 1.165) is 6.20 Å². The number of halogens is 1. The Bertz CT molecular complexity index is 659. The van der Waals surface area contributed by atoms with Crippen molar-refractivity contribution >= 4 is 17.6 Å². The average Bonchev–Trinajstić information content (AvgIpc) is 2.48. The molecule has 1 N–H and O–H groups in total. The number of anilines is 1. The highest BCUT2D eigenvalue weighted by atomic mass is 19.1. The number of hydrogen-bond acceptors (Lipinski definition) is 7. The summed E-state index contributed by atoms with van der Waals surface area (Å²) in [6, 6.07) is 4.25. The lowest BCUT2D eigenvalue weighted by Gasteiger charge is -2.29. The van der Waals surface area contributed by atoms with Gasteiger partial charge in [-0.2, -0.15) is 0 Å². The fourth-order valence-corrected chi connectivity index (χ4v) is 2.16. The van der Waals surface area contributed by atoms with Crippen molar-refractivity contribution in [1.82, 2.24) is 0 Å². The van der Waals surface area contributed by atoms with Gasteiger partial charge in [-0.3, -0.25) is 0 Å². The van der Waals surface area contributed by atoms with Crippen molar-refractivity contribution in [2.75, 3.05) is 19.5 Å². The summed E-state index contributed by atoms with van der Waals surface area (Å²) in [5.41, 5.74) is 0.0229. The minimum absolute atomic E-state index is 0.0947. The zero-order chi connectivity index (χ0) is 17.9. The second-order valence-corrected chi connectivity index (χ2v) is 5.39. The normalized spacial score (nSPS) is 16.7. The van der Waals surface area contributed by atoms with E-state index in [0.29, 0.717) is 0 Å². The molecule has 1 saturated heterocycles. The molecule has 1 heterocycles. The van der Waals surface area contributed by atoms with Crippen LogP contribution < -0.4 is 5.32 Å². The molecule has 1 aliphatic heterocycles. The quantitative estimate of drug-likeness (QED) is 0.381. The number of ether oxygens (including phenoxy) is 4. The molecule has 7 nitrogen and oxygen atoms in total. The van der Waals surface area contributed by atoms with Gasteiger partial charge in [0.1, 0.15) is 5.82 Å². The van der Waals surface area contributed by atoms with Crippen molar-refractivity contribution in [1.29, 1.82) is 0 Å². The Morgan fingerprint density at radius 3 is 2.29 bits per heavy atom. The van der Waals surface area contributed by atoms with Crippen LogP contribution in [0.1, 0.15) is 25.7 Å². The zero-order valence-corrected chi connectivity index (χ0v) is 13.7. The van der Waals surface area contributed by atoms with Crippen LogP contribution >= 0.6 is 0 Å². The van der Waals surface area contributed by atoms with Crippen molar-refractivity contribution in [2.45, 2.75) is 25.9 Å². The Labute approximate surface area is 138 Å². The van der Waals surface area contributed by atoms with Crippen LogP contribution in [0.3, 0.4) is 0 Å². The van der Waals surface area contributed by atoms with E-state index in [2.05, 4.69) is 5.32 Å². The second kappa shape index (κ2) is 6.98. The van der Waals surface area contributed by atoms with E-state index < -0.39 is 29.8 Å². The first-order valence-electron chi connectivity index (χ1n) is 7.06. The molecule has 0 unspecified atom stereocenters. The lowest BCUT2D eigenvalue weighted by atomic mass is 10.1. The van der Waals surface area contributed by atoms with E-state index in [9.17, 15) is 14.0 Å². The van der Waals surface area contributed by atoms with Gasteiger partial charge in [0.05, 0.1) is 5.56 Å². The van der Waals surface area contributed by atoms with Crippen LogP contribution in [0.5, 0.6) is 0 Å². The molecule has 8 heteroatoms. The van der Waals surface area contributed by atoms with E-state index in [1.54, 1.807) is 6.07 Å². The van der Waals surface area contributed by atoms with Gasteiger partial charge in [-0.15, -0.1) is 0 Å². The van der Waals surface area contributed by atoms with Crippen LogP contribution in [0.4, 0.5) is 10.1 Å². The molecule has 0 atom stereocenters. The maximum Gasteiger partial charge on any atom is 0.350 e.